The van der Waals surface area contributed by atoms with Gasteiger partial charge in [-0.1, -0.05) is 84.9 Å². The van der Waals surface area contributed by atoms with Gasteiger partial charge in [0.15, 0.2) is 0 Å². The molecule has 59 heavy (non-hydrogen) atoms. The Hall–Kier alpha value is -4.85. The number of rotatable bonds is 4. The molecule has 14 heteroatoms. The molecule has 2 aliphatic rings. The highest BCUT2D eigenvalue weighted by Gasteiger charge is 2.26. The average molecular weight is 878 g/mol. The minimum Gasteiger partial charge on any atom is -0.444 e. The van der Waals surface area contributed by atoms with Gasteiger partial charge in [0.2, 0.25) is 0 Å². The zero-order chi connectivity index (χ0) is 41.8. The normalized spacial score (nSPS) is 13.7. The molecule has 0 radical (unpaired) electrons. The SMILES string of the molecule is CC(C)(C)OC(=O)N1CCc2c(N)cccc2C1.Cc1ccc(S(=O)(=O)Cl)c2ccccc12.Cc1ccc(S(=O)(=O)Nc2cccc3c2CCNC3)c2ccccc12.Cl. The fourth-order valence-corrected chi connectivity index (χ4v) is 9.62. The summed E-state index contributed by atoms with van der Waals surface area (Å²) < 4.78 is 57.0. The van der Waals surface area contributed by atoms with Crippen molar-refractivity contribution < 1.29 is 26.4 Å². The second kappa shape index (κ2) is 18.6. The van der Waals surface area contributed by atoms with Crippen LogP contribution in [-0.4, -0.2) is 46.5 Å². The lowest BCUT2D eigenvalue weighted by Crippen LogP contribution is -2.40. The first-order valence-electron chi connectivity index (χ1n) is 19.0. The number of carbonyl (C=O) groups is 1. The standard InChI is InChI=1S/C20H20N2O2S.C14H20N2O2.C11H9ClO2S.ClH/c1-14-9-10-20(18-7-3-2-6-16(14)18)25(23,24)22-19-8-4-5-15-13-21-12-11-17(15)19;1-14(2,3)18-13(17)16-8-7-11-10(9-16)5-4-6-12(11)15;1-8-6-7-11(15(12,13)14)10-5-3-2-4-9(8)10;/h2-10,21-22H,11-13H2,1H3;4-6H,7-9,15H2,1-3H3;2-7H,1H3;1H. The maximum Gasteiger partial charge on any atom is 0.410 e. The van der Waals surface area contributed by atoms with Crippen LogP contribution in [0.1, 0.15) is 54.2 Å². The molecular formula is C45H50Cl2N4O6S2. The number of nitrogens with zero attached hydrogens (tertiary/aromatic N) is 1. The highest BCUT2D eigenvalue weighted by atomic mass is 35.7. The van der Waals surface area contributed by atoms with Gasteiger partial charge in [-0.25, -0.2) is 21.6 Å². The molecule has 4 N–H and O–H groups in total. The molecule has 6 aromatic rings. The molecule has 0 aromatic heterocycles. The van der Waals surface area contributed by atoms with Crippen LogP contribution in [-0.2, 0) is 49.7 Å². The fourth-order valence-electron chi connectivity index (χ4n) is 7.24. The van der Waals surface area contributed by atoms with Gasteiger partial charge in [-0.05, 0) is 122 Å². The second-order valence-corrected chi connectivity index (χ2v) is 19.6. The summed E-state index contributed by atoms with van der Waals surface area (Å²) in [7, 11) is -1.97. The number of fused-ring (bicyclic) bond motifs is 4. The Labute approximate surface area is 358 Å². The quantitative estimate of drug-likeness (QED) is 0.117. The van der Waals surface area contributed by atoms with E-state index >= 15 is 0 Å². The van der Waals surface area contributed by atoms with Gasteiger partial charge in [0.1, 0.15) is 5.60 Å². The van der Waals surface area contributed by atoms with E-state index in [0.717, 1.165) is 81.2 Å². The van der Waals surface area contributed by atoms with Crippen LogP contribution in [0.3, 0.4) is 0 Å². The van der Waals surface area contributed by atoms with Crippen LogP contribution in [0.4, 0.5) is 16.2 Å². The van der Waals surface area contributed by atoms with Crippen molar-refractivity contribution in [1.29, 1.82) is 0 Å². The molecule has 6 aromatic carbocycles. The Balaban J connectivity index is 0.000000173. The van der Waals surface area contributed by atoms with Crippen LogP contribution in [0, 0.1) is 13.8 Å². The molecule has 312 valence electrons. The summed E-state index contributed by atoms with van der Waals surface area (Å²) in [5, 5.41) is 6.62. The summed E-state index contributed by atoms with van der Waals surface area (Å²) in [6.45, 7) is 12.4. The van der Waals surface area contributed by atoms with Crippen molar-refractivity contribution in [3.05, 3.63) is 143 Å². The van der Waals surface area contributed by atoms with E-state index in [1.54, 1.807) is 35.2 Å². The Morgan fingerprint density at radius 3 is 1.90 bits per heavy atom. The number of ether oxygens (including phenoxy) is 1. The van der Waals surface area contributed by atoms with Crippen molar-refractivity contribution in [3.63, 3.8) is 0 Å². The molecule has 1 amide bonds. The van der Waals surface area contributed by atoms with Crippen molar-refractivity contribution in [3.8, 4) is 0 Å². The smallest absolute Gasteiger partial charge is 0.410 e. The maximum absolute atomic E-state index is 13.1. The molecule has 0 atom stereocenters. The predicted octanol–water partition coefficient (Wildman–Crippen LogP) is 9.65. The summed E-state index contributed by atoms with van der Waals surface area (Å²) in [5.74, 6) is 0. The van der Waals surface area contributed by atoms with E-state index < -0.39 is 24.7 Å². The largest absolute Gasteiger partial charge is 0.444 e. The number of halogens is 2. The van der Waals surface area contributed by atoms with Gasteiger partial charge in [-0.15, -0.1) is 12.4 Å². The number of hydrogen-bond donors (Lipinski definition) is 3. The van der Waals surface area contributed by atoms with Crippen LogP contribution < -0.4 is 15.8 Å². The van der Waals surface area contributed by atoms with E-state index in [9.17, 15) is 21.6 Å². The topological polar surface area (TPSA) is 148 Å². The third-order valence-corrected chi connectivity index (χ3v) is 12.9. The minimum absolute atomic E-state index is 0. The van der Waals surface area contributed by atoms with Crippen LogP contribution >= 0.6 is 23.1 Å². The zero-order valence-corrected chi connectivity index (χ0v) is 36.9. The van der Waals surface area contributed by atoms with E-state index in [-0.39, 0.29) is 23.4 Å². The molecule has 0 bridgehead atoms. The average Bonchev–Trinajstić information content (AvgIpc) is 3.18. The van der Waals surface area contributed by atoms with E-state index in [2.05, 4.69) is 10.0 Å². The van der Waals surface area contributed by atoms with E-state index in [0.29, 0.717) is 29.1 Å². The van der Waals surface area contributed by atoms with Crippen molar-refractivity contribution in [2.24, 2.45) is 0 Å². The van der Waals surface area contributed by atoms with Gasteiger partial charge in [0.05, 0.1) is 15.5 Å². The monoisotopic (exact) mass is 876 g/mol. The molecule has 0 saturated carbocycles. The van der Waals surface area contributed by atoms with Gasteiger partial charge in [0, 0.05) is 46.8 Å². The van der Waals surface area contributed by atoms with Crippen LogP contribution in [0.15, 0.2) is 119 Å². The third-order valence-electron chi connectivity index (χ3n) is 10.1. The molecule has 0 aliphatic carbocycles. The highest BCUT2D eigenvalue weighted by Crippen LogP contribution is 2.31. The number of sulfonamides is 1. The lowest BCUT2D eigenvalue weighted by atomic mass is 9.98. The number of anilines is 2. The summed E-state index contributed by atoms with van der Waals surface area (Å²) in [6.07, 6.45) is 1.36. The van der Waals surface area contributed by atoms with Crippen molar-refractivity contribution >= 4 is 81.2 Å². The molecule has 0 fully saturated rings. The first-order chi connectivity index (χ1) is 27.4. The Morgan fingerprint density at radius 1 is 0.729 bits per heavy atom. The molecule has 0 saturated heterocycles. The first kappa shape index (κ1) is 45.2. The van der Waals surface area contributed by atoms with Gasteiger partial charge in [-0.2, -0.15) is 0 Å². The molecule has 2 aliphatic heterocycles. The number of nitrogen functional groups attached to an aromatic ring is 1. The van der Waals surface area contributed by atoms with Crippen LogP contribution in [0.25, 0.3) is 21.5 Å². The summed E-state index contributed by atoms with van der Waals surface area (Å²) >= 11 is 0. The molecule has 0 spiro atoms. The van der Waals surface area contributed by atoms with Crippen molar-refractivity contribution in [1.82, 2.24) is 10.2 Å². The summed E-state index contributed by atoms with van der Waals surface area (Å²) in [5.41, 5.74) is 13.6. The predicted molar refractivity (Wildman–Crippen MR) is 242 cm³/mol. The number of amides is 1. The summed E-state index contributed by atoms with van der Waals surface area (Å²) in [4.78, 5) is 14.2. The molecule has 10 nitrogen and oxygen atoms in total. The number of hydrogen-bond acceptors (Lipinski definition) is 8. The number of aryl methyl sites for hydroxylation is 2. The van der Waals surface area contributed by atoms with Crippen molar-refractivity contribution in [2.45, 2.75) is 75.9 Å². The molecular weight excluding hydrogens is 828 g/mol. The minimum atomic E-state index is -3.67. The first-order valence-corrected chi connectivity index (χ1v) is 22.8. The number of carbonyl (C=O) groups excluding carboxylic acids is 1. The van der Waals surface area contributed by atoms with E-state index in [1.165, 1.54) is 0 Å². The van der Waals surface area contributed by atoms with Crippen LogP contribution in [0.2, 0.25) is 0 Å². The lowest BCUT2D eigenvalue weighted by molar-refractivity contribution is 0.0224. The van der Waals surface area contributed by atoms with Crippen LogP contribution in [0.5, 0.6) is 0 Å². The van der Waals surface area contributed by atoms with Crippen molar-refractivity contribution in [2.75, 3.05) is 23.5 Å². The molecule has 8 rings (SSSR count). The highest BCUT2D eigenvalue weighted by molar-refractivity contribution is 8.14. The molecule has 0 unspecified atom stereocenters. The van der Waals surface area contributed by atoms with Gasteiger partial charge in [-0.3, -0.25) is 4.72 Å². The second-order valence-electron chi connectivity index (χ2n) is 15.4. The Bertz CT molecular complexity index is 2720. The fraction of sp³-hybridized carbons (Fsp3) is 0.267. The molecule has 2 heterocycles. The number of nitrogens with one attached hydrogen (secondary N) is 2. The third kappa shape index (κ3) is 10.9. The Kier molecular flexibility index (Phi) is 14.3. The van der Waals surface area contributed by atoms with E-state index in [1.807, 2.05) is 113 Å². The van der Waals surface area contributed by atoms with Gasteiger partial charge < -0.3 is 20.7 Å². The number of nitrogens with two attached hydrogens (primary N) is 1. The lowest BCUT2D eigenvalue weighted by Gasteiger charge is -2.31. The summed E-state index contributed by atoms with van der Waals surface area (Å²) in [6, 6.07) is 33.4. The van der Waals surface area contributed by atoms with E-state index in [4.69, 9.17) is 21.2 Å². The Morgan fingerprint density at radius 2 is 1.29 bits per heavy atom. The van der Waals surface area contributed by atoms with Gasteiger partial charge in [0.25, 0.3) is 19.1 Å². The maximum atomic E-state index is 13.1. The van der Waals surface area contributed by atoms with Gasteiger partial charge >= 0.3 is 6.09 Å². The zero-order valence-electron chi connectivity index (χ0n) is 33.7. The number of benzene rings is 6.